The summed E-state index contributed by atoms with van der Waals surface area (Å²) in [6.45, 7) is 0. The van der Waals surface area contributed by atoms with Gasteiger partial charge in [-0.05, 0) is 18.2 Å². The quantitative estimate of drug-likeness (QED) is 0.420. The Labute approximate surface area is 96.4 Å². The highest BCUT2D eigenvalue weighted by Gasteiger charge is 2.11. The van der Waals surface area contributed by atoms with Crippen LogP contribution in [0.3, 0.4) is 0 Å². The van der Waals surface area contributed by atoms with E-state index in [1.165, 1.54) is 25.3 Å². The van der Waals surface area contributed by atoms with E-state index in [4.69, 9.17) is 10.5 Å². The summed E-state index contributed by atoms with van der Waals surface area (Å²) in [6, 6.07) is 4.33. The van der Waals surface area contributed by atoms with Gasteiger partial charge in [0.1, 0.15) is 5.75 Å². The molecule has 0 heterocycles. The second-order valence-electron chi connectivity index (χ2n) is 2.92. The van der Waals surface area contributed by atoms with E-state index in [1.54, 1.807) is 0 Å². The van der Waals surface area contributed by atoms with Gasteiger partial charge in [0, 0.05) is 0 Å². The maximum atomic E-state index is 11.1. The number of aldehydes is 1. The molecule has 0 radical (unpaired) electrons. The van der Waals surface area contributed by atoms with Gasteiger partial charge >= 0.3 is 5.97 Å². The number of carbonyl (C=O) groups is 3. The Hall–Kier alpha value is -2.57. The van der Waals surface area contributed by atoms with Crippen molar-refractivity contribution >= 4 is 23.9 Å². The molecule has 1 rings (SSSR count). The van der Waals surface area contributed by atoms with Gasteiger partial charge in [0.25, 0.3) is 5.91 Å². The van der Waals surface area contributed by atoms with Crippen molar-refractivity contribution in [3.05, 3.63) is 23.8 Å². The van der Waals surface area contributed by atoms with Gasteiger partial charge in [-0.1, -0.05) is 0 Å². The topological polar surface area (TPSA) is 108 Å². The maximum Gasteiger partial charge on any atom is 0.395 e. The van der Waals surface area contributed by atoms with Gasteiger partial charge in [-0.25, -0.2) is 10.3 Å². The number of ether oxygens (including phenoxy) is 1. The van der Waals surface area contributed by atoms with E-state index >= 15 is 0 Å². The van der Waals surface area contributed by atoms with Crippen molar-refractivity contribution in [3.8, 4) is 5.75 Å². The van der Waals surface area contributed by atoms with Crippen LogP contribution < -0.4 is 16.0 Å². The fraction of sp³-hybridized carbons (Fsp3) is 0.100. The van der Waals surface area contributed by atoms with Crippen LogP contribution in [-0.2, 0) is 14.4 Å². The second kappa shape index (κ2) is 5.50. The third-order valence-corrected chi connectivity index (χ3v) is 1.85. The van der Waals surface area contributed by atoms with E-state index in [2.05, 4.69) is 10.3 Å². The summed E-state index contributed by atoms with van der Waals surface area (Å²) in [7, 11) is 1.43. The van der Waals surface area contributed by atoms with Gasteiger partial charge in [0.15, 0.2) is 0 Å². The first-order chi connectivity index (χ1) is 8.08. The Kier molecular flexibility index (Phi) is 4.04. The Morgan fingerprint density at radius 2 is 2.12 bits per heavy atom. The summed E-state index contributed by atoms with van der Waals surface area (Å²) in [5, 5.41) is 0. The summed E-state index contributed by atoms with van der Waals surface area (Å²) >= 11 is 0. The second-order valence-corrected chi connectivity index (χ2v) is 2.92. The van der Waals surface area contributed by atoms with Crippen molar-refractivity contribution in [3.63, 3.8) is 0 Å². The summed E-state index contributed by atoms with van der Waals surface area (Å²) < 4.78 is 4.91. The average Bonchev–Trinajstić information content (AvgIpc) is 2.35. The molecule has 1 aromatic rings. The number of methoxy groups -OCH3 is 1. The molecule has 0 fully saturated rings. The molecule has 0 aliphatic rings. The molecule has 0 unspecified atom stereocenters. The number of hydrogen-bond donors (Lipinski definition) is 2. The lowest BCUT2D eigenvalue weighted by atomic mass is 10.1. The number of hydrogen-bond acceptors (Lipinski definition) is 6. The predicted molar refractivity (Wildman–Crippen MR) is 57.3 cm³/mol. The first-order valence-electron chi connectivity index (χ1n) is 4.48. The Morgan fingerprint density at radius 1 is 1.41 bits per heavy atom. The number of primary amides is 1. The molecule has 17 heavy (non-hydrogen) atoms. The SMILES string of the molecule is COc1ccc(NOC(=O)C=O)c(C(N)=O)c1. The Bertz CT molecular complexity index is 458. The molecule has 90 valence electrons. The third kappa shape index (κ3) is 3.20. The maximum absolute atomic E-state index is 11.1. The number of anilines is 1. The number of nitrogens with two attached hydrogens (primary N) is 1. The van der Waals surface area contributed by atoms with Gasteiger partial charge in [-0.15, -0.1) is 0 Å². The summed E-state index contributed by atoms with van der Waals surface area (Å²) in [6.07, 6.45) is -0.0134. The first-order valence-corrected chi connectivity index (χ1v) is 4.48. The molecular weight excluding hydrogens is 228 g/mol. The molecule has 0 aliphatic heterocycles. The number of carbonyl (C=O) groups excluding carboxylic acids is 3. The summed E-state index contributed by atoms with van der Waals surface area (Å²) in [5.74, 6) is -1.42. The zero-order valence-electron chi connectivity index (χ0n) is 8.93. The molecule has 3 N–H and O–H groups in total. The molecule has 0 aliphatic carbocycles. The number of rotatable bonds is 5. The first kappa shape index (κ1) is 12.5. The molecule has 0 saturated heterocycles. The third-order valence-electron chi connectivity index (χ3n) is 1.85. The monoisotopic (exact) mass is 238 g/mol. The molecule has 0 saturated carbocycles. The normalized spacial score (nSPS) is 9.24. The molecule has 1 aromatic carbocycles. The zero-order chi connectivity index (χ0) is 12.8. The van der Waals surface area contributed by atoms with Crippen molar-refractivity contribution in [2.75, 3.05) is 12.6 Å². The fourth-order valence-corrected chi connectivity index (χ4v) is 1.07. The van der Waals surface area contributed by atoms with Crippen LogP contribution in [0.2, 0.25) is 0 Å². The van der Waals surface area contributed by atoms with Gasteiger partial charge in [0.2, 0.25) is 6.29 Å². The van der Waals surface area contributed by atoms with E-state index < -0.39 is 11.9 Å². The van der Waals surface area contributed by atoms with Crippen LogP contribution in [-0.4, -0.2) is 25.3 Å². The largest absolute Gasteiger partial charge is 0.497 e. The zero-order valence-corrected chi connectivity index (χ0v) is 8.93. The van der Waals surface area contributed by atoms with Gasteiger partial charge in [0.05, 0.1) is 18.4 Å². The smallest absolute Gasteiger partial charge is 0.395 e. The lowest BCUT2D eigenvalue weighted by molar-refractivity contribution is -0.146. The highest BCUT2D eigenvalue weighted by molar-refractivity contribution is 6.20. The molecular formula is C10H10N2O5. The van der Waals surface area contributed by atoms with Crippen molar-refractivity contribution in [2.24, 2.45) is 5.73 Å². The van der Waals surface area contributed by atoms with Crippen LogP contribution >= 0.6 is 0 Å². The number of amides is 1. The van der Waals surface area contributed by atoms with Crippen molar-refractivity contribution in [2.45, 2.75) is 0 Å². The van der Waals surface area contributed by atoms with Gasteiger partial charge in [-0.3, -0.25) is 9.59 Å². The van der Waals surface area contributed by atoms with Crippen LogP contribution in [0.25, 0.3) is 0 Å². The van der Waals surface area contributed by atoms with E-state index in [0.29, 0.717) is 5.75 Å². The Morgan fingerprint density at radius 3 is 2.65 bits per heavy atom. The lowest BCUT2D eigenvalue weighted by Gasteiger charge is -2.09. The van der Waals surface area contributed by atoms with E-state index in [9.17, 15) is 14.4 Å². The molecule has 0 atom stereocenters. The van der Waals surface area contributed by atoms with Crippen LogP contribution in [0.15, 0.2) is 18.2 Å². The molecule has 7 heteroatoms. The van der Waals surface area contributed by atoms with Crippen LogP contribution in [0.5, 0.6) is 5.75 Å². The highest BCUT2D eigenvalue weighted by atomic mass is 16.7. The standard InChI is InChI=1S/C10H10N2O5/c1-16-6-2-3-8(7(4-6)10(11)15)12-17-9(14)5-13/h2-5,12H,1H3,(H2,11,15). The van der Waals surface area contributed by atoms with E-state index in [0.717, 1.165) is 0 Å². The molecule has 0 spiro atoms. The molecule has 1 amide bonds. The number of benzene rings is 1. The average molecular weight is 238 g/mol. The lowest BCUT2D eigenvalue weighted by Crippen LogP contribution is -2.17. The molecule has 7 nitrogen and oxygen atoms in total. The summed E-state index contributed by atoms with van der Waals surface area (Å²) in [4.78, 5) is 36.1. The van der Waals surface area contributed by atoms with E-state index in [1.807, 2.05) is 0 Å². The minimum absolute atomic E-state index is 0.0134. The van der Waals surface area contributed by atoms with Gasteiger partial charge < -0.3 is 15.3 Å². The van der Waals surface area contributed by atoms with Crippen molar-refractivity contribution in [1.29, 1.82) is 0 Å². The van der Waals surface area contributed by atoms with Crippen LogP contribution in [0.4, 0.5) is 5.69 Å². The predicted octanol–water partition coefficient (Wildman–Crippen LogP) is -0.137. The minimum Gasteiger partial charge on any atom is -0.497 e. The van der Waals surface area contributed by atoms with Crippen molar-refractivity contribution in [1.82, 2.24) is 0 Å². The highest BCUT2D eigenvalue weighted by Crippen LogP contribution is 2.21. The Balaban J connectivity index is 2.94. The summed E-state index contributed by atoms with van der Waals surface area (Å²) in [5.41, 5.74) is 7.52. The van der Waals surface area contributed by atoms with E-state index in [-0.39, 0.29) is 17.5 Å². The van der Waals surface area contributed by atoms with Crippen molar-refractivity contribution < 1.29 is 24.0 Å². The molecule has 0 aromatic heterocycles. The van der Waals surface area contributed by atoms with Crippen LogP contribution in [0, 0.1) is 0 Å². The van der Waals surface area contributed by atoms with Crippen LogP contribution in [0.1, 0.15) is 10.4 Å². The van der Waals surface area contributed by atoms with Gasteiger partial charge in [-0.2, -0.15) is 0 Å². The number of nitrogens with one attached hydrogen (secondary N) is 1. The minimum atomic E-state index is -1.11. The fourth-order valence-electron chi connectivity index (χ4n) is 1.07. The molecule has 0 bridgehead atoms.